The van der Waals surface area contributed by atoms with E-state index in [4.69, 9.17) is 16.3 Å². The van der Waals surface area contributed by atoms with Crippen LogP contribution in [0.3, 0.4) is 0 Å². The largest absolute Gasteiger partial charge is 0.452 e. The van der Waals surface area contributed by atoms with Crippen LogP contribution in [0.25, 0.3) is 0 Å². The molecule has 1 N–H and O–H groups in total. The highest BCUT2D eigenvalue weighted by molar-refractivity contribution is 8.02. The summed E-state index contributed by atoms with van der Waals surface area (Å²) in [5.74, 6) is -1.58. The zero-order chi connectivity index (χ0) is 18.6. The number of thioether (sulfide) groups is 1. The third kappa shape index (κ3) is 6.16. The number of rotatable bonds is 6. The lowest BCUT2D eigenvalue weighted by molar-refractivity contribution is -0.150. The second kappa shape index (κ2) is 8.37. The normalized spacial score (nSPS) is 20.0. The Kier molecular flexibility index (Phi) is 6.70. The fraction of sp³-hybridized carbons (Fsp3) is 0.467. The first-order valence-electron chi connectivity index (χ1n) is 7.44. The van der Waals surface area contributed by atoms with E-state index in [-0.39, 0.29) is 33.2 Å². The second-order valence-electron chi connectivity index (χ2n) is 5.58. The summed E-state index contributed by atoms with van der Waals surface area (Å²) in [7, 11) is -3.00. The van der Waals surface area contributed by atoms with Gasteiger partial charge in [0.2, 0.25) is 0 Å². The van der Waals surface area contributed by atoms with Crippen molar-refractivity contribution in [1.82, 2.24) is 0 Å². The summed E-state index contributed by atoms with van der Waals surface area (Å²) in [6.45, 7) is 1.40. The van der Waals surface area contributed by atoms with Crippen LogP contribution >= 0.6 is 23.4 Å². The summed E-state index contributed by atoms with van der Waals surface area (Å²) in [5.41, 5.74) is 0.210. The molecule has 1 heterocycles. The molecule has 138 valence electrons. The SMILES string of the molecule is C[C@@H](OC(=O)CS[C@H]1CCS(=O)(=O)C1)C(=O)Nc1ccc(F)cc1Cl. The van der Waals surface area contributed by atoms with E-state index in [0.717, 1.165) is 12.1 Å². The molecule has 1 aliphatic heterocycles. The average molecular weight is 410 g/mol. The number of hydrogen-bond donors (Lipinski definition) is 1. The number of nitrogens with one attached hydrogen (secondary N) is 1. The van der Waals surface area contributed by atoms with Crippen LogP contribution in [-0.2, 0) is 24.2 Å². The molecule has 1 aromatic carbocycles. The summed E-state index contributed by atoms with van der Waals surface area (Å²) < 4.78 is 40.7. The summed E-state index contributed by atoms with van der Waals surface area (Å²) >= 11 is 7.02. The number of carbonyl (C=O) groups excluding carboxylic acids is 2. The number of anilines is 1. The predicted octanol–water partition coefficient (Wildman–Crippen LogP) is 2.27. The topological polar surface area (TPSA) is 89.5 Å². The molecule has 1 fully saturated rings. The van der Waals surface area contributed by atoms with Gasteiger partial charge in [-0.15, -0.1) is 11.8 Å². The lowest BCUT2D eigenvalue weighted by Gasteiger charge is -2.15. The molecule has 0 aromatic heterocycles. The maximum atomic E-state index is 13.0. The fourth-order valence-corrected chi connectivity index (χ4v) is 5.83. The predicted molar refractivity (Wildman–Crippen MR) is 95.1 cm³/mol. The summed E-state index contributed by atoms with van der Waals surface area (Å²) in [6.07, 6.45) is -0.555. The van der Waals surface area contributed by atoms with Gasteiger partial charge in [-0.1, -0.05) is 11.6 Å². The summed E-state index contributed by atoms with van der Waals surface area (Å²) in [4.78, 5) is 23.8. The molecule has 1 amide bonds. The number of halogens is 2. The first-order chi connectivity index (χ1) is 11.7. The first kappa shape index (κ1) is 20.0. The molecule has 6 nitrogen and oxygen atoms in total. The van der Waals surface area contributed by atoms with E-state index in [1.807, 2.05) is 0 Å². The highest BCUT2D eigenvalue weighted by Gasteiger charge is 2.29. The van der Waals surface area contributed by atoms with Crippen molar-refractivity contribution >= 4 is 50.8 Å². The van der Waals surface area contributed by atoms with Gasteiger partial charge in [0.05, 0.1) is 28.0 Å². The number of esters is 1. The molecule has 0 aliphatic carbocycles. The van der Waals surface area contributed by atoms with Crippen LogP contribution in [0.15, 0.2) is 18.2 Å². The lowest BCUT2D eigenvalue weighted by atomic mass is 10.3. The molecule has 1 saturated heterocycles. The third-order valence-corrected chi connectivity index (χ3v) is 7.06. The van der Waals surface area contributed by atoms with Crippen molar-refractivity contribution in [1.29, 1.82) is 0 Å². The van der Waals surface area contributed by atoms with E-state index in [1.54, 1.807) is 0 Å². The summed E-state index contributed by atoms with van der Waals surface area (Å²) in [6, 6.07) is 3.51. The van der Waals surface area contributed by atoms with Crippen molar-refractivity contribution in [2.45, 2.75) is 24.7 Å². The van der Waals surface area contributed by atoms with E-state index >= 15 is 0 Å². The molecule has 0 radical (unpaired) electrons. The molecule has 0 saturated carbocycles. The minimum atomic E-state index is -3.00. The van der Waals surface area contributed by atoms with Crippen LogP contribution in [0.4, 0.5) is 10.1 Å². The highest BCUT2D eigenvalue weighted by atomic mass is 35.5. The van der Waals surface area contributed by atoms with Crippen molar-refractivity contribution in [3.63, 3.8) is 0 Å². The van der Waals surface area contributed by atoms with E-state index in [0.29, 0.717) is 6.42 Å². The van der Waals surface area contributed by atoms with Crippen molar-refractivity contribution in [3.05, 3.63) is 29.0 Å². The standard InChI is InChI=1S/C15H17ClFNO5S2/c1-9(15(20)18-13-3-2-10(17)6-12(13)16)23-14(19)7-24-11-4-5-25(21,22)8-11/h2-3,6,9,11H,4-5,7-8H2,1H3,(H,18,20)/t9-,11+/m1/s1. The molecule has 1 aliphatic rings. The van der Waals surface area contributed by atoms with Gasteiger partial charge >= 0.3 is 5.97 Å². The van der Waals surface area contributed by atoms with Crippen LogP contribution in [-0.4, -0.2) is 48.9 Å². The molecule has 2 rings (SSSR count). The van der Waals surface area contributed by atoms with Crippen molar-refractivity contribution in [3.8, 4) is 0 Å². The van der Waals surface area contributed by atoms with Crippen LogP contribution in [0.1, 0.15) is 13.3 Å². The first-order valence-corrected chi connectivity index (χ1v) is 10.7. The Morgan fingerprint density at radius 2 is 2.20 bits per heavy atom. The van der Waals surface area contributed by atoms with Crippen LogP contribution in [0, 0.1) is 5.82 Å². The monoisotopic (exact) mass is 409 g/mol. The van der Waals surface area contributed by atoms with Crippen LogP contribution in [0.2, 0.25) is 5.02 Å². The van der Waals surface area contributed by atoms with Crippen molar-refractivity contribution < 1.29 is 27.1 Å². The molecule has 0 bridgehead atoms. The van der Waals surface area contributed by atoms with Crippen molar-refractivity contribution in [2.75, 3.05) is 22.6 Å². The highest BCUT2D eigenvalue weighted by Crippen LogP contribution is 2.25. The Hall–Kier alpha value is -1.32. The number of sulfone groups is 1. The number of hydrogen-bond acceptors (Lipinski definition) is 6. The maximum Gasteiger partial charge on any atom is 0.316 e. The second-order valence-corrected chi connectivity index (χ2v) is 9.51. The minimum Gasteiger partial charge on any atom is -0.452 e. The minimum absolute atomic E-state index is 0.0323. The Bertz CT molecular complexity index is 771. The fourth-order valence-electron chi connectivity index (χ4n) is 2.19. The smallest absolute Gasteiger partial charge is 0.316 e. The summed E-state index contributed by atoms with van der Waals surface area (Å²) in [5, 5.41) is 2.36. The molecular formula is C15H17ClFNO5S2. The number of benzene rings is 1. The van der Waals surface area contributed by atoms with Gasteiger partial charge in [-0.3, -0.25) is 9.59 Å². The molecular weight excluding hydrogens is 393 g/mol. The molecule has 1 aromatic rings. The Morgan fingerprint density at radius 3 is 2.80 bits per heavy atom. The van der Waals surface area contributed by atoms with Crippen LogP contribution in [0.5, 0.6) is 0 Å². The zero-order valence-electron chi connectivity index (χ0n) is 13.3. The zero-order valence-corrected chi connectivity index (χ0v) is 15.7. The van der Waals surface area contributed by atoms with E-state index < -0.39 is 33.6 Å². The van der Waals surface area contributed by atoms with Gasteiger partial charge in [0.25, 0.3) is 5.91 Å². The van der Waals surface area contributed by atoms with E-state index in [1.165, 1.54) is 24.8 Å². The van der Waals surface area contributed by atoms with Crippen molar-refractivity contribution in [2.24, 2.45) is 0 Å². The average Bonchev–Trinajstić information content (AvgIpc) is 2.87. The van der Waals surface area contributed by atoms with E-state index in [2.05, 4.69) is 5.32 Å². The van der Waals surface area contributed by atoms with Gasteiger partial charge in [-0.2, -0.15) is 0 Å². The Balaban J connectivity index is 1.79. The molecule has 0 spiro atoms. The van der Waals surface area contributed by atoms with Gasteiger partial charge < -0.3 is 10.1 Å². The van der Waals surface area contributed by atoms with Crippen LogP contribution < -0.4 is 5.32 Å². The molecule has 10 heteroatoms. The molecule has 2 atom stereocenters. The van der Waals surface area contributed by atoms with Gasteiger partial charge in [-0.05, 0) is 31.5 Å². The quantitative estimate of drug-likeness (QED) is 0.725. The molecule has 25 heavy (non-hydrogen) atoms. The van der Waals surface area contributed by atoms with Gasteiger partial charge in [0.15, 0.2) is 15.9 Å². The Morgan fingerprint density at radius 1 is 1.48 bits per heavy atom. The molecule has 0 unspecified atom stereocenters. The number of amides is 1. The van der Waals surface area contributed by atoms with E-state index in [9.17, 15) is 22.4 Å². The lowest BCUT2D eigenvalue weighted by Crippen LogP contribution is -2.30. The van der Waals surface area contributed by atoms with Gasteiger partial charge in [0, 0.05) is 5.25 Å². The van der Waals surface area contributed by atoms with Gasteiger partial charge in [0.1, 0.15) is 5.82 Å². The Labute approximate surface area is 154 Å². The maximum absolute atomic E-state index is 13.0. The van der Waals surface area contributed by atoms with Gasteiger partial charge in [-0.25, -0.2) is 12.8 Å². The number of carbonyl (C=O) groups is 2. The number of ether oxygens (including phenoxy) is 1. The third-order valence-electron chi connectivity index (χ3n) is 3.49.